The number of rotatable bonds is 13. The van der Waals surface area contributed by atoms with Gasteiger partial charge < -0.3 is 10.2 Å². The Morgan fingerprint density at radius 2 is 1.62 bits per heavy atom. The maximum atomic E-state index is 13.4. The van der Waals surface area contributed by atoms with Crippen molar-refractivity contribution in [1.82, 2.24) is 14.5 Å². The van der Waals surface area contributed by atoms with E-state index in [-0.39, 0.29) is 35.5 Å². The molecule has 1 aliphatic rings. The zero-order chi connectivity index (χ0) is 26.8. The molecule has 1 fully saturated rings. The first-order chi connectivity index (χ1) is 17.7. The summed E-state index contributed by atoms with van der Waals surface area (Å²) in [5.41, 5.74) is 1.57. The van der Waals surface area contributed by atoms with Gasteiger partial charge in [0.15, 0.2) is 0 Å². The van der Waals surface area contributed by atoms with Gasteiger partial charge in [-0.15, -0.1) is 0 Å². The van der Waals surface area contributed by atoms with Gasteiger partial charge in [-0.3, -0.25) is 9.59 Å². The van der Waals surface area contributed by atoms with Gasteiger partial charge in [0, 0.05) is 32.6 Å². The summed E-state index contributed by atoms with van der Waals surface area (Å²) in [6.45, 7) is 5.64. The third-order valence-electron chi connectivity index (χ3n) is 6.77. The summed E-state index contributed by atoms with van der Waals surface area (Å²) in [7, 11) is -3.48. The van der Waals surface area contributed by atoms with Gasteiger partial charge >= 0.3 is 0 Å². The van der Waals surface area contributed by atoms with Crippen LogP contribution in [-0.2, 0) is 32.6 Å². The average Bonchev–Trinajstić information content (AvgIpc) is 3.45. The van der Waals surface area contributed by atoms with Crippen LogP contribution >= 0.6 is 0 Å². The Kier molecular flexibility index (Phi) is 10.6. The highest BCUT2D eigenvalue weighted by molar-refractivity contribution is 7.89. The normalized spacial score (nSPS) is 14.9. The zero-order valence-electron chi connectivity index (χ0n) is 21.8. The molecule has 0 bridgehead atoms. The molecule has 1 heterocycles. The minimum Gasteiger partial charge on any atom is -0.354 e. The van der Waals surface area contributed by atoms with Crippen molar-refractivity contribution in [2.24, 2.45) is 0 Å². The van der Waals surface area contributed by atoms with Crippen molar-refractivity contribution in [2.45, 2.75) is 76.3 Å². The SMILES string of the molecule is CCCCCNC(=O)C(C)N(Cc1ccc(F)cc1)C(=O)CCc1ccc(S(=O)(=O)N2CCCC2)cc1. The molecular formula is C28H38FN3O4S. The lowest BCUT2D eigenvalue weighted by molar-refractivity contribution is -0.140. The predicted molar refractivity (Wildman–Crippen MR) is 142 cm³/mol. The van der Waals surface area contributed by atoms with Crippen LogP contribution in [0.2, 0.25) is 0 Å². The average molecular weight is 532 g/mol. The molecule has 9 heteroatoms. The van der Waals surface area contributed by atoms with E-state index in [0.29, 0.717) is 26.1 Å². The van der Waals surface area contributed by atoms with Crippen LogP contribution in [0.5, 0.6) is 0 Å². The van der Waals surface area contributed by atoms with Crippen molar-refractivity contribution >= 4 is 21.8 Å². The summed E-state index contributed by atoms with van der Waals surface area (Å²) in [5.74, 6) is -0.782. The molecule has 0 saturated carbocycles. The number of nitrogens with one attached hydrogen (secondary N) is 1. The Hall–Kier alpha value is -2.78. The van der Waals surface area contributed by atoms with E-state index < -0.39 is 16.1 Å². The second-order valence-electron chi connectivity index (χ2n) is 9.58. The topological polar surface area (TPSA) is 86.8 Å². The van der Waals surface area contributed by atoms with Gasteiger partial charge in [0.05, 0.1) is 4.90 Å². The second kappa shape index (κ2) is 13.7. The fourth-order valence-corrected chi connectivity index (χ4v) is 5.92. The van der Waals surface area contributed by atoms with Crippen LogP contribution in [0.3, 0.4) is 0 Å². The minimum absolute atomic E-state index is 0.160. The Labute approximate surface area is 220 Å². The maximum absolute atomic E-state index is 13.4. The van der Waals surface area contributed by atoms with Crippen LogP contribution in [-0.4, -0.2) is 55.1 Å². The van der Waals surface area contributed by atoms with Gasteiger partial charge in [0.1, 0.15) is 11.9 Å². The number of nitrogens with zero attached hydrogens (tertiary/aromatic N) is 2. The van der Waals surface area contributed by atoms with Crippen LogP contribution in [0, 0.1) is 5.82 Å². The molecule has 0 radical (unpaired) electrons. The van der Waals surface area contributed by atoms with Crippen LogP contribution in [0.4, 0.5) is 4.39 Å². The van der Waals surface area contributed by atoms with Crippen molar-refractivity contribution in [1.29, 1.82) is 0 Å². The summed E-state index contributed by atoms with van der Waals surface area (Å²) < 4.78 is 40.4. The van der Waals surface area contributed by atoms with Gasteiger partial charge in [-0.05, 0) is 68.0 Å². The quantitative estimate of drug-likeness (QED) is 0.391. The molecular weight excluding hydrogens is 493 g/mol. The number of carbonyl (C=O) groups excluding carboxylic acids is 2. The van der Waals surface area contributed by atoms with E-state index in [4.69, 9.17) is 0 Å². The van der Waals surface area contributed by atoms with E-state index >= 15 is 0 Å². The molecule has 7 nitrogen and oxygen atoms in total. The standard InChI is InChI=1S/C28H38FN3O4S/c1-3-4-5-18-30-28(34)22(2)32(21-24-8-13-25(29)14-9-24)27(33)17-12-23-10-15-26(16-11-23)37(35,36)31-19-6-7-20-31/h8-11,13-16,22H,3-7,12,17-21H2,1-2H3,(H,30,34). The fraction of sp³-hybridized carbons (Fsp3) is 0.500. The van der Waals surface area contributed by atoms with Crippen molar-refractivity contribution < 1.29 is 22.4 Å². The first kappa shape index (κ1) is 28.8. The number of hydrogen-bond donors (Lipinski definition) is 1. The fourth-order valence-electron chi connectivity index (χ4n) is 4.40. The summed E-state index contributed by atoms with van der Waals surface area (Å²) in [6, 6.07) is 11.9. The summed E-state index contributed by atoms with van der Waals surface area (Å²) in [5, 5.41) is 2.91. The van der Waals surface area contributed by atoms with Crippen molar-refractivity contribution in [3.8, 4) is 0 Å². The summed E-state index contributed by atoms with van der Waals surface area (Å²) in [6.07, 6.45) is 5.27. The highest BCUT2D eigenvalue weighted by Crippen LogP contribution is 2.22. The molecule has 0 spiro atoms. The van der Waals surface area contributed by atoms with Crippen molar-refractivity contribution in [2.75, 3.05) is 19.6 Å². The minimum atomic E-state index is -3.48. The predicted octanol–water partition coefficient (Wildman–Crippen LogP) is 4.27. The highest BCUT2D eigenvalue weighted by atomic mass is 32.2. The van der Waals surface area contributed by atoms with Gasteiger partial charge in [-0.1, -0.05) is 44.0 Å². The number of amides is 2. The Morgan fingerprint density at radius 3 is 2.24 bits per heavy atom. The number of halogens is 1. The molecule has 1 unspecified atom stereocenters. The molecule has 1 N–H and O–H groups in total. The summed E-state index contributed by atoms with van der Waals surface area (Å²) >= 11 is 0. The van der Waals surface area contributed by atoms with E-state index in [9.17, 15) is 22.4 Å². The van der Waals surface area contributed by atoms with E-state index in [1.54, 1.807) is 43.3 Å². The smallest absolute Gasteiger partial charge is 0.243 e. The van der Waals surface area contributed by atoms with Gasteiger partial charge in [-0.2, -0.15) is 4.31 Å². The highest BCUT2D eigenvalue weighted by Gasteiger charge is 2.28. The summed E-state index contributed by atoms with van der Waals surface area (Å²) in [4.78, 5) is 27.8. The zero-order valence-corrected chi connectivity index (χ0v) is 22.6. The Balaban J connectivity index is 1.66. The number of carbonyl (C=O) groups is 2. The molecule has 2 amide bonds. The largest absolute Gasteiger partial charge is 0.354 e. The molecule has 2 aromatic carbocycles. The number of sulfonamides is 1. The lowest BCUT2D eigenvalue weighted by atomic mass is 10.1. The molecule has 202 valence electrons. The molecule has 3 rings (SSSR count). The monoisotopic (exact) mass is 531 g/mol. The molecule has 0 aliphatic carbocycles. The molecule has 1 atom stereocenters. The second-order valence-corrected chi connectivity index (χ2v) is 11.5. The molecule has 1 saturated heterocycles. The lowest BCUT2D eigenvalue weighted by Gasteiger charge is -2.29. The van der Waals surface area contributed by atoms with Crippen molar-refractivity contribution in [3.63, 3.8) is 0 Å². The molecule has 2 aromatic rings. The number of aryl methyl sites for hydroxylation is 1. The Morgan fingerprint density at radius 1 is 1.00 bits per heavy atom. The number of benzene rings is 2. The molecule has 37 heavy (non-hydrogen) atoms. The maximum Gasteiger partial charge on any atom is 0.243 e. The van der Waals surface area contributed by atoms with Crippen molar-refractivity contribution in [3.05, 3.63) is 65.5 Å². The number of hydrogen-bond acceptors (Lipinski definition) is 4. The third-order valence-corrected chi connectivity index (χ3v) is 8.68. The van der Waals surface area contributed by atoms with Gasteiger partial charge in [0.25, 0.3) is 0 Å². The van der Waals surface area contributed by atoms with E-state index in [0.717, 1.165) is 43.2 Å². The first-order valence-corrected chi connectivity index (χ1v) is 14.6. The van der Waals surface area contributed by atoms with Crippen LogP contribution in [0.15, 0.2) is 53.4 Å². The van der Waals surface area contributed by atoms with Gasteiger partial charge in [0.2, 0.25) is 21.8 Å². The van der Waals surface area contributed by atoms with Crippen LogP contribution < -0.4 is 5.32 Å². The Bertz CT molecular complexity index is 1130. The first-order valence-electron chi connectivity index (χ1n) is 13.1. The van der Waals surface area contributed by atoms with E-state index in [2.05, 4.69) is 12.2 Å². The number of unbranched alkanes of at least 4 members (excludes halogenated alkanes) is 2. The molecule has 1 aliphatic heterocycles. The van der Waals surface area contributed by atoms with Gasteiger partial charge in [-0.25, -0.2) is 12.8 Å². The van der Waals surface area contributed by atoms with Crippen LogP contribution in [0.25, 0.3) is 0 Å². The lowest BCUT2D eigenvalue weighted by Crippen LogP contribution is -2.47. The van der Waals surface area contributed by atoms with E-state index in [1.807, 2.05) is 0 Å². The molecule has 0 aromatic heterocycles. The van der Waals surface area contributed by atoms with Crippen LogP contribution in [0.1, 0.15) is 63.5 Å². The van der Waals surface area contributed by atoms with E-state index in [1.165, 1.54) is 21.3 Å². The third kappa shape index (κ3) is 8.10.